The van der Waals surface area contributed by atoms with Crippen LogP contribution in [0.5, 0.6) is 0 Å². The second-order valence-corrected chi connectivity index (χ2v) is 4.72. The number of halogens is 1. The molecule has 1 fully saturated rings. The highest BCUT2D eigenvalue weighted by atomic mass is 19.1. The Kier molecular flexibility index (Phi) is 4.44. The van der Waals surface area contributed by atoms with Gasteiger partial charge in [0.1, 0.15) is 5.82 Å². The molecule has 1 saturated heterocycles. The number of nitrogens with one attached hydrogen (secondary N) is 1. The Hall–Kier alpha value is -1.53. The summed E-state index contributed by atoms with van der Waals surface area (Å²) in [6.45, 7) is 2.82. The Morgan fingerprint density at radius 2 is 2.42 bits per heavy atom. The summed E-state index contributed by atoms with van der Waals surface area (Å²) in [6.07, 6.45) is 2.09. The van der Waals surface area contributed by atoms with Crippen LogP contribution in [0.1, 0.15) is 25.3 Å². The van der Waals surface area contributed by atoms with E-state index in [9.17, 15) is 14.5 Å². The zero-order valence-corrected chi connectivity index (χ0v) is 10.8. The average Bonchev–Trinajstić information content (AvgIpc) is 2.90. The summed E-state index contributed by atoms with van der Waals surface area (Å²) in [7, 11) is 0. The lowest BCUT2D eigenvalue weighted by Crippen LogP contribution is -2.36. The van der Waals surface area contributed by atoms with E-state index in [4.69, 9.17) is 4.74 Å². The largest absolute Gasteiger partial charge is 0.377 e. The van der Waals surface area contributed by atoms with Gasteiger partial charge in [-0.3, -0.25) is 10.1 Å². The molecule has 0 spiro atoms. The molecule has 0 saturated carbocycles. The van der Waals surface area contributed by atoms with Crippen LogP contribution in [-0.2, 0) is 11.3 Å². The van der Waals surface area contributed by atoms with E-state index in [1.165, 1.54) is 18.2 Å². The van der Waals surface area contributed by atoms with Crippen molar-refractivity contribution in [1.82, 2.24) is 5.32 Å². The van der Waals surface area contributed by atoms with Gasteiger partial charge in [-0.1, -0.05) is 6.07 Å². The standard InChI is InChI=1S/C13H17FN2O3/c1-9(13-6-3-7-19-13)15-8-10-11(14)4-2-5-12(10)16(17)18/h2,4-5,9,13,15H,3,6-8H2,1H3/t9-,13+/m1/s1. The van der Waals surface area contributed by atoms with Gasteiger partial charge >= 0.3 is 0 Å². The molecule has 1 aliphatic rings. The SMILES string of the molecule is C[C@@H](NCc1c(F)cccc1[N+](=O)[O-])[C@@H]1CCCO1. The van der Waals surface area contributed by atoms with Crippen LogP contribution in [0.3, 0.4) is 0 Å². The molecule has 5 nitrogen and oxygen atoms in total. The summed E-state index contributed by atoms with van der Waals surface area (Å²) in [5.74, 6) is -0.554. The van der Waals surface area contributed by atoms with Gasteiger partial charge in [-0.15, -0.1) is 0 Å². The average molecular weight is 268 g/mol. The molecule has 1 N–H and O–H groups in total. The minimum absolute atomic E-state index is 0.0433. The first kappa shape index (κ1) is 13.9. The number of hydrogen-bond acceptors (Lipinski definition) is 4. The quantitative estimate of drug-likeness (QED) is 0.658. The highest BCUT2D eigenvalue weighted by Crippen LogP contribution is 2.22. The molecule has 2 atom stereocenters. The third-order valence-electron chi connectivity index (χ3n) is 3.41. The smallest absolute Gasteiger partial charge is 0.276 e. The highest BCUT2D eigenvalue weighted by Gasteiger charge is 2.24. The zero-order valence-electron chi connectivity index (χ0n) is 10.8. The molecular weight excluding hydrogens is 251 g/mol. The van der Waals surface area contributed by atoms with Crippen molar-refractivity contribution in [3.8, 4) is 0 Å². The lowest BCUT2D eigenvalue weighted by Gasteiger charge is -2.20. The topological polar surface area (TPSA) is 64.4 Å². The summed E-state index contributed by atoms with van der Waals surface area (Å²) in [5, 5.41) is 14.0. The molecule has 19 heavy (non-hydrogen) atoms. The van der Waals surface area contributed by atoms with Crippen molar-refractivity contribution in [1.29, 1.82) is 0 Å². The van der Waals surface area contributed by atoms with E-state index >= 15 is 0 Å². The first-order valence-electron chi connectivity index (χ1n) is 6.36. The zero-order chi connectivity index (χ0) is 13.8. The summed E-state index contributed by atoms with van der Waals surface area (Å²) in [4.78, 5) is 10.3. The monoisotopic (exact) mass is 268 g/mol. The first-order valence-corrected chi connectivity index (χ1v) is 6.36. The Bertz CT molecular complexity index is 461. The molecule has 0 aromatic heterocycles. The molecule has 0 bridgehead atoms. The Morgan fingerprint density at radius 3 is 3.05 bits per heavy atom. The van der Waals surface area contributed by atoms with E-state index in [1.54, 1.807) is 0 Å². The Morgan fingerprint density at radius 1 is 1.63 bits per heavy atom. The fourth-order valence-corrected chi connectivity index (χ4v) is 2.28. The fraction of sp³-hybridized carbons (Fsp3) is 0.538. The van der Waals surface area contributed by atoms with Gasteiger partial charge in [-0.25, -0.2) is 4.39 Å². The second kappa shape index (κ2) is 6.08. The van der Waals surface area contributed by atoms with Crippen LogP contribution in [0.2, 0.25) is 0 Å². The van der Waals surface area contributed by atoms with Crippen molar-refractivity contribution in [2.24, 2.45) is 0 Å². The summed E-state index contributed by atoms with van der Waals surface area (Å²) >= 11 is 0. The number of nitro benzene ring substituents is 1. The third-order valence-corrected chi connectivity index (χ3v) is 3.41. The van der Waals surface area contributed by atoms with Gasteiger partial charge in [-0.2, -0.15) is 0 Å². The van der Waals surface area contributed by atoms with Gasteiger partial charge in [-0.05, 0) is 25.8 Å². The van der Waals surface area contributed by atoms with Crippen LogP contribution in [0.4, 0.5) is 10.1 Å². The molecule has 0 amide bonds. The molecule has 6 heteroatoms. The number of rotatable bonds is 5. The molecule has 2 rings (SSSR count). The molecule has 1 aromatic carbocycles. The number of nitro groups is 1. The number of hydrogen-bond donors (Lipinski definition) is 1. The van der Waals surface area contributed by atoms with Crippen LogP contribution in [0.15, 0.2) is 18.2 Å². The third kappa shape index (κ3) is 3.27. The summed E-state index contributed by atoms with van der Waals surface area (Å²) in [5.41, 5.74) is -0.0932. The number of benzene rings is 1. The van der Waals surface area contributed by atoms with E-state index < -0.39 is 10.7 Å². The van der Waals surface area contributed by atoms with Gasteiger partial charge < -0.3 is 10.1 Å². The Balaban J connectivity index is 2.04. The minimum atomic E-state index is -0.559. The minimum Gasteiger partial charge on any atom is -0.377 e. The van der Waals surface area contributed by atoms with Crippen molar-refractivity contribution in [2.75, 3.05) is 6.61 Å². The normalized spacial score (nSPS) is 20.4. The molecule has 1 aromatic rings. The maximum absolute atomic E-state index is 13.7. The predicted molar refractivity (Wildman–Crippen MR) is 68.3 cm³/mol. The molecule has 0 radical (unpaired) electrons. The van der Waals surface area contributed by atoms with Crippen LogP contribution in [0.25, 0.3) is 0 Å². The predicted octanol–water partition coefficient (Wildman–Crippen LogP) is 2.39. The number of ether oxygens (including phenoxy) is 1. The van der Waals surface area contributed by atoms with Crippen molar-refractivity contribution >= 4 is 5.69 Å². The lowest BCUT2D eigenvalue weighted by molar-refractivity contribution is -0.385. The van der Waals surface area contributed by atoms with Gasteiger partial charge in [0.2, 0.25) is 0 Å². The van der Waals surface area contributed by atoms with E-state index in [-0.39, 0.29) is 29.9 Å². The van der Waals surface area contributed by atoms with Crippen LogP contribution in [-0.4, -0.2) is 23.7 Å². The lowest BCUT2D eigenvalue weighted by atomic mass is 10.1. The molecular formula is C13H17FN2O3. The first-order chi connectivity index (χ1) is 9.09. The van der Waals surface area contributed by atoms with Gasteiger partial charge in [0.15, 0.2) is 0 Å². The summed E-state index contributed by atoms with van der Waals surface area (Å²) < 4.78 is 19.2. The van der Waals surface area contributed by atoms with Crippen LogP contribution >= 0.6 is 0 Å². The molecule has 1 aliphatic heterocycles. The second-order valence-electron chi connectivity index (χ2n) is 4.72. The molecule has 104 valence electrons. The number of nitrogens with zero attached hydrogens (tertiary/aromatic N) is 1. The van der Waals surface area contributed by atoms with Gasteiger partial charge in [0, 0.05) is 25.3 Å². The van der Waals surface area contributed by atoms with Gasteiger partial charge in [0.05, 0.1) is 16.6 Å². The fourth-order valence-electron chi connectivity index (χ4n) is 2.28. The molecule has 0 unspecified atom stereocenters. The highest BCUT2D eigenvalue weighted by molar-refractivity contribution is 5.40. The van der Waals surface area contributed by atoms with E-state index in [0.717, 1.165) is 19.4 Å². The van der Waals surface area contributed by atoms with Crippen molar-refractivity contribution in [3.63, 3.8) is 0 Å². The molecule has 0 aliphatic carbocycles. The van der Waals surface area contributed by atoms with Crippen molar-refractivity contribution in [2.45, 2.75) is 38.5 Å². The van der Waals surface area contributed by atoms with Crippen molar-refractivity contribution in [3.05, 3.63) is 39.7 Å². The van der Waals surface area contributed by atoms with Crippen LogP contribution in [0, 0.1) is 15.9 Å². The van der Waals surface area contributed by atoms with E-state index in [2.05, 4.69) is 5.32 Å². The van der Waals surface area contributed by atoms with Crippen molar-refractivity contribution < 1.29 is 14.1 Å². The van der Waals surface area contributed by atoms with Crippen LogP contribution < -0.4 is 5.32 Å². The van der Waals surface area contributed by atoms with E-state index in [1.807, 2.05) is 6.92 Å². The maximum Gasteiger partial charge on any atom is 0.276 e. The Labute approximate surface area is 110 Å². The molecule has 1 heterocycles. The maximum atomic E-state index is 13.7. The van der Waals surface area contributed by atoms with E-state index in [0.29, 0.717) is 0 Å². The van der Waals surface area contributed by atoms with Gasteiger partial charge in [0.25, 0.3) is 5.69 Å². The summed E-state index contributed by atoms with van der Waals surface area (Å²) in [6, 6.07) is 3.94.